The van der Waals surface area contributed by atoms with Crippen LogP contribution in [0.4, 0.5) is 0 Å². The number of rotatable bonds is 5. The molecule has 0 heterocycles. The van der Waals surface area contributed by atoms with E-state index in [0.717, 1.165) is 10.7 Å². The highest BCUT2D eigenvalue weighted by molar-refractivity contribution is 9.09. The number of hydrogen-bond acceptors (Lipinski definition) is 0. The van der Waals surface area contributed by atoms with Crippen LogP contribution in [-0.2, 0) is 6.42 Å². The van der Waals surface area contributed by atoms with E-state index in [-0.39, 0.29) is 0 Å². The molecule has 1 unspecified atom stereocenters. The van der Waals surface area contributed by atoms with E-state index in [4.69, 9.17) is 0 Å². The molecule has 0 N–H and O–H groups in total. The molecule has 1 aliphatic carbocycles. The number of alkyl halides is 1. The maximum Gasteiger partial charge on any atom is 0.0177 e. The van der Waals surface area contributed by atoms with E-state index in [1.54, 1.807) is 0 Å². The molecule has 0 bridgehead atoms. The molecule has 1 atom stereocenters. The average molecular weight is 315 g/mol. The molecule has 0 saturated heterocycles. The third-order valence-electron chi connectivity index (χ3n) is 3.90. The topological polar surface area (TPSA) is 0 Å². The molecule has 1 fully saturated rings. The molecule has 98 valence electrons. The summed E-state index contributed by atoms with van der Waals surface area (Å²) in [7, 11) is 0. The molecule has 19 heavy (non-hydrogen) atoms. The monoisotopic (exact) mass is 314 g/mol. The summed E-state index contributed by atoms with van der Waals surface area (Å²) in [6.07, 6.45) is 5.28. The second-order valence-corrected chi connectivity index (χ2v) is 6.63. The lowest BCUT2D eigenvalue weighted by molar-refractivity contribution is 0.696. The summed E-state index contributed by atoms with van der Waals surface area (Å²) in [6, 6.07) is 19.6. The minimum absolute atomic E-state index is 0.723. The second-order valence-electron chi connectivity index (χ2n) is 5.46. The summed E-state index contributed by atoms with van der Waals surface area (Å²) in [4.78, 5) is 0.723. The third kappa shape index (κ3) is 3.48. The van der Waals surface area contributed by atoms with E-state index in [9.17, 15) is 0 Å². The molecule has 1 aliphatic rings. The molecule has 3 rings (SSSR count). The predicted molar refractivity (Wildman–Crippen MR) is 85.6 cm³/mol. The van der Waals surface area contributed by atoms with Crippen LogP contribution >= 0.6 is 15.9 Å². The Morgan fingerprint density at radius 1 is 0.895 bits per heavy atom. The second kappa shape index (κ2) is 5.92. The smallest absolute Gasteiger partial charge is 0.0177 e. The Kier molecular flexibility index (Phi) is 4.03. The Balaban J connectivity index is 1.62. The highest BCUT2D eigenvalue weighted by Crippen LogP contribution is 2.38. The van der Waals surface area contributed by atoms with Gasteiger partial charge in [-0.1, -0.05) is 70.5 Å². The van der Waals surface area contributed by atoms with Crippen LogP contribution in [0, 0.1) is 5.92 Å². The fraction of sp³-hybridized carbons (Fsp3) is 0.333. The quantitative estimate of drug-likeness (QED) is 0.643. The van der Waals surface area contributed by atoms with Gasteiger partial charge in [-0.3, -0.25) is 0 Å². The average Bonchev–Trinajstić information content (AvgIpc) is 3.31. The van der Waals surface area contributed by atoms with Crippen molar-refractivity contribution in [3.05, 3.63) is 60.2 Å². The lowest BCUT2D eigenvalue weighted by Crippen LogP contribution is -2.02. The number of halogens is 1. The van der Waals surface area contributed by atoms with Crippen LogP contribution in [0.2, 0.25) is 0 Å². The zero-order valence-electron chi connectivity index (χ0n) is 11.1. The molecule has 0 nitrogen and oxygen atoms in total. The van der Waals surface area contributed by atoms with E-state index in [1.807, 2.05) is 0 Å². The summed E-state index contributed by atoms with van der Waals surface area (Å²) in [5, 5.41) is 0. The lowest BCUT2D eigenvalue weighted by atomic mass is 10.0. The van der Waals surface area contributed by atoms with Crippen molar-refractivity contribution in [3.8, 4) is 11.1 Å². The van der Waals surface area contributed by atoms with Crippen LogP contribution in [0.1, 0.15) is 24.8 Å². The molecule has 1 saturated carbocycles. The van der Waals surface area contributed by atoms with Gasteiger partial charge in [0.2, 0.25) is 0 Å². The van der Waals surface area contributed by atoms with Crippen molar-refractivity contribution in [2.24, 2.45) is 5.92 Å². The first kappa shape index (κ1) is 12.9. The molecule has 0 radical (unpaired) electrons. The van der Waals surface area contributed by atoms with Gasteiger partial charge in [0.1, 0.15) is 0 Å². The van der Waals surface area contributed by atoms with E-state index in [1.165, 1.54) is 42.4 Å². The minimum Gasteiger partial charge on any atom is -0.0888 e. The van der Waals surface area contributed by atoms with Crippen molar-refractivity contribution in [2.45, 2.75) is 30.5 Å². The van der Waals surface area contributed by atoms with Crippen molar-refractivity contribution in [1.29, 1.82) is 0 Å². The van der Waals surface area contributed by atoms with Gasteiger partial charge in [-0.25, -0.2) is 0 Å². The maximum atomic E-state index is 3.81. The molecule has 2 aromatic carbocycles. The van der Waals surface area contributed by atoms with Crippen molar-refractivity contribution >= 4 is 15.9 Å². The lowest BCUT2D eigenvalue weighted by Gasteiger charge is -2.08. The molecule has 0 spiro atoms. The molecule has 0 aliphatic heterocycles. The summed E-state index contributed by atoms with van der Waals surface area (Å²) in [6.45, 7) is 0. The van der Waals surface area contributed by atoms with Crippen LogP contribution in [0.15, 0.2) is 54.6 Å². The molecule has 0 aromatic heterocycles. The van der Waals surface area contributed by atoms with Gasteiger partial charge in [0.25, 0.3) is 0 Å². The largest absolute Gasteiger partial charge is 0.0888 e. The molecule has 2 aromatic rings. The Morgan fingerprint density at radius 3 is 2.16 bits per heavy atom. The third-order valence-corrected chi connectivity index (χ3v) is 5.11. The number of aryl methyl sites for hydroxylation is 1. The van der Waals surface area contributed by atoms with Crippen LogP contribution in [-0.4, -0.2) is 4.83 Å². The Bertz CT molecular complexity index is 511. The van der Waals surface area contributed by atoms with Crippen LogP contribution in [0.5, 0.6) is 0 Å². The predicted octanol–water partition coefficient (Wildman–Crippen LogP) is 5.46. The fourth-order valence-corrected chi connectivity index (χ4v) is 3.25. The zero-order chi connectivity index (χ0) is 13.1. The summed E-state index contributed by atoms with van der Waals surface area (Å²) in [5.41, 5.74) is 4.05. The van der Waals surface area contributed by atoms with Gasteiger partial charge in [-0.05, 0) is 48.3 Å². The van der Waals surface area contributed by atoms with Gasteiger partial charge in [-0.2, -0.15) is 0 Å². The standard InChI is InChI=1S/C18H19Br/c19-18(17-11-12-17)13-8-14-6-9-16(10-7-14)15-4-2-1-3-5-15/h1-7,9-10,17-18H,8,11-13H2. The van der Waals surface area contributed by atoms with E-state index in [2.05, 4.69) is 70.5 Å². The minimum atomic E-state index is 0.723. The first-order valence-corrected chi connectivity index (χ1v) is 8.03. The molecule has 1 heteroatoms. The van der Waals surface area contributed by atoms with Gasteiger partial charge in [0.05, 0.1) is 0 Å². The zero-order valence-corrected chi connectivity index (χ0v) is 12.6. The summed E-state index contributed by atoms with van der Waals surface area (Å²) in [5.74, 6) is 0.948. The van der Waals surface area contributed by atoms with Crippen LogP contribution in [0.25, 0.3) is 11.1 Å². The Hall–Kier alpha value is -1.08. The van der Waals surface area contributed by atoms with Crippen LogP contribution in [0.3, 0.4) is 0 Å². The van der Waals surface area contributed by atoms with Gasteiger partial charge in [-0.15, -0.1) is 0 Å². The van der Waals surface area contributed by atoms with E-state index in [0.29, 0.717) is 0 Å². The van der Waals surface area contributed by atoms with Gasteiger partial charge in [0.15, 0.2) is 0 Å². The summed E-state index contributed by atoms with van der Waals surface area (Å²) < 4.78 is 0. The molecular weight excluding hydrogens is 296 g/mol. The Labute approximate surface area is 124 Å². The maximum absolute atomic E-state index is 3.81. The molecular formula is C18H19Br. The first-order chi connectivity index (χ1) is 9.33. The first-order valence-electron chi connectivity index (χ1n) is 7.11. The van der Waals surface area contributed by atoms with Gasteiger partial charge < -0.3 is 0 Å². The van der Waals surface area contributed by atoms with E-state index < -0.39 is 0 Å². The Morgan fingerprint density at radius 2 is 1.53 bits per heavy atom. The molecule has 0 amide bonds. The van der Waals surface area contributed by atoms with Crippen LogP contribution < -0.4 is 0 Å². The van der Waals surface area contributed by atoms with Gasteiger partial charge >= 0.3 is 0 Å². The summed E-state index contributed by atoms with van der Waals surface area (Å²) >= 11 is 3.81. The van der Waals surface area contributed by atoms with Crippen molar-refractivity contribution in [1.82, 2.24) is 0 Å². The highest BCUT2D eigenvalue weighted by atomic mass is 79.9. The highest BCUT2D eigenvalue weighted by Gasteiger charge is 2.28. The van der Waals surface area contributed by atoms with Crippen molar-refractivity contribution in [2.75, 3.05) is 0 Å². The normalized spacial score (nSPS) is 16.3. The van der Waals surface area contributed by atoms with E-state index >= 15 is 0 Å². The van der Waals surface area contributed by atoms with Crippen molar-refractivity contribution < 1.29 is 0 Å². The SMILES string of the molecule is BrC(CCc1ccc(-c2ccccc2)cc1)C1CC1. The van der Waals surface area contributed by atoms with Gasteiger partial charge in [0, 0.05) is 4.83 Å². The fourth-order valence-electron chi connectivity index (χ4n) is 2.49. The number of hydrogen-bond donors (Lipinski definition) is 0. The number of benzene rings is 2. The van der Waals surface area contributed by atoms with Crippen molar-refractivity contribution in [3.63, 3.8) is 0 Å².